The van der Waals surface area contributed by atoms with Crippen LogP contribution in [0.5, 0.6) is 0 Å². The first-order valence-corrected chi connectivity index (χ1v) is 6.53. The van der Waals surface area contributed by atoms with Crippen LogP contribution >= 0.6 is 0 Å². The largest absolute Gasteiger partial charge is 0.354 e. The third-order valence-electron chi connectivity index (χ3n) is 2.93. The molecule has 6 nitrogen and oxygen atoms in total. The van der Waals surface area contributed by atoms with Crippen LogP contribution < -0.4 is 10.9 Å². The van der Waals surface area contributed by atoms with Crippen molar-refractivity contribution in [2.45, 2.75) is 41.0 Å². The Labute approximate surface area is 118 Å². The average Bonchev–Trinajstić information content (AvgIpc) is 2.60. The topological polar surface area (TPSA) is 91.1 Å². The summed E-state index contributed by atoms with van der Waals surface area (Å²) in [5, 5.41) is 0. The van der Waals surface area contributed by atoms with E-state index >= 15 is 0 Å². The van der Waals surface area contributed by atoms with Crippen LogP contribution in [0.2, 0.25) is 0 Å². The maximum absolute atomic E-state index is 12.0. The van der Waals surface area contributed by atoms with E-state index in [9.17, 15) is 14.4 Å². The molecule has 0 bridgehead atoms. The monoisotopic (exact) mass is 279 g/mol. The molecule has 1 aromatic heterocycles. The highest BCUT2D eigenvalue weighted by atomic mass is 16.2. The van der Waals surface area contributed by atoms with Crippen molar-refractivity contribution in [3.8, 4) is 0 Å². The summed E-state index contributed by atoms with van der Waals surface area (Å²) in [7, 11) is 0. The Balaban J connectivity index is 2.77. The van der Waals surface area contributed by atoms with Gasteiger partial charge in [0.25, 0.3) is 5.91 Å². The van der Waals surface area contributed by atoms with Gasteiger partial charge < -0.3 is 4.98 Å². The molecular formula is C14H21N3O3. The molecule has 2 amide bonds. The normalized spacial score (nSPS) is 10.5. The predicted octanol–water partition coefficient (Wildman–Crippen LogP) is 1.64. The van der Waals surface area contributed by atoms with Crippen molar-refractivity contribution >= 4 is 17.6 Å². The minimum absolute atomic E-state index is 0.0980. The molecule has 0 radical (unpaired) electrons. The maximum atomic E-state index is 12.0. The number of aromatic nitrogens is 1. The number of amides is 2. The zero-order valence-corrected chi connectivity index (χ0v) is 12.5. The van der Waals surface area contributed by atoms with Crippen molar-refractivity contribution < 1.29 is 14.4 Å². The average molecular weight is 279 g/mol. The minimum atomic E-state index is -0.463. The number of aryl methyl sites for hydroxylation is 1. The number of ketones is 1. The lowest BCUT2D eigenvalue weighted by atomic mass is 10.1. The van der Waals surface area contributed by atoms with Crippen molar-refractivity contribution in [2.75, 3.05) is 0 Å². The Bertz CT molecular complexity index is 544. The van der Waals surface area contributed by atoms with Gasteiger partial charge in [-0.15, -0.1) is 0 Å². The van der Waals surface area contributed by atoms with E-state index in [0.717, 1.165) is 0 Å². The molecule has 1 rings (SSSR count). The molecule has 0 aliphatic heterocycles. The van der Waals surface area contributed by atoms with Crippen molar-refractivity contribution in [3.05, 3.63) is 22.5 Å². The summed E-state index contributed by atoms with van der Waals surface area (Å²) in [4.78, 5) is 37.8. The van der Waals surface area contributed by atoms with Gasteiger partial charge in [-0.05, 0) is 32.3 Å². The molecule has 0 unspecified atom stereocenters. The molecule has 0 saturated heterocycles. The van der Waals surface area contributed by atoms with Gasteiger partial charge in [-0.3, -0.25) is 25.2 Å². The fourth-order valence-corrected chi connectivity index (χ4v) is 2.12. The van der Waals surface area contributed by atoms with E-state index in [0.29, 0.717) is 23.2 Å². The Hall–Kier alpha value is -2.11. The van der Waals surface area contributed by atoms with Crippen LogP contribution in [0.4, 0.5) is 0 Å². The molecule has 3 N–H and O–H groups in total. The third-order valence-corrected chi connectivity index (χ3v) is 2.93. The van der Waals surface area contributed by atoms with E-state index in [1.807, 2.05) is 13.8 Å². The molecule has 0 spiro atoms. The fourth-order valence-electron chi connectivity index (χ4n) is 2.12. The van der Waals surface area contributed by atoms with Crippen molar-refractivity contribution in [3.63, 3.8) is 0 Å². The molecule has 0 aliphatic carbocycles. The molecule has 0 aliphatic rings. The van der Waals surface area contributed by atoms with Gasteiger partial charge in [0.1, 0.15) is 5.69 Å². The second-order valence-corrected chi connectivity index (χ2v) is 5.28. The van der Waals surface area contributed by atoms with Gasteiger partial charge in [-0.25, -0.2) is 0 Å². The summed E-state index contributed by atoms with van der Waals surface area (Å²) in [5.41, 5.74) is 6.74. The highest BCUT2D eigenvalue weighted by molar-refractivity contribution is 6.02. The number of rotatable bonds is 4. The molecule has 0 saturated carbocycles. The summed E-state index contributed by atoms with van der Waals surface area (Å²) < 4.78 is 0. The van der Waals surface area contributed by atoms with E-state index in [1.54, 1.807) is 13.8 Å². The van der Waals surface area contributed by atoms with E-state index in [1.165, 1.54) is 6.92 Å². The maximum Gasteiger partial charge on any atom is 0.286 e. The van der Waals surface area contributed by atoms with Gasteiger partial charge in [0, 0.05) is 17.7 Å². The van der Waals surface area contributed by atoms with E-state index in [4.69, 9.17) is 0 Å². The molecule has 6 heteroatoms. The molecule has 20 heavy (non-hydrogen) atoms. The van der Waals surface area contributed by atoms with Crippen LogP contribution in [0.25, 0.3) is 0 Å². The van der Waals surface area contributed by atoms with Gasteiger partial charge in [-0.1, -0.05) is 13.8 Å². The van der Waals surface area contributed by atoms with E-state index in [-0.39, 0.29) is 23.3 Å². The number of Topliss-reactive ketones (excluding diaryl/α,β-unsaturated/α-hetero) is 1. The summed E-state index contributed by atoms with van der Waals surface area (Å²) in [6.07, 6.45) is 0.335. The van der Waals surface area contributed by atoms with Crippen LogP contribution in [-0.2, 0) is 4.79 Å². The predicted molar refractivity (Wildman–Crippen MR) is 75.3 cm³/mol. The molecule has 110 valence electrons. The van der Waals surface area contributed by atoms with E-state index in [2.05, 4.69) is 15.8 Å². The van der Waals surface area contributed by atoms with Crippen LogP contribution in [0.1, 0.15) is 59.3 Å². The number of aromatic amines is 1. The van der Waals surface area contributed by atoms with E-state index < -0.39 is 5.91 Å². The molecule has 0 aromatic carbocycles. The molecular weight excluding hydrogens is 258 g/mol. The van der Waals surface area contributed by atoms with Gasteiger partial charge in [0.15, 0.2) is 5.78 Å². The number of carbonyl (C=O) groups excluding carboxylic acids is 3. The number of carbonyl (C=O) groups is 3. The Kier molecular flexibility index (Phi) is 5.07. The third kappa shape index (κ3) is 3.69. The lowest BCUT2D eigenvalue weighted by Crippen LogP contribution is -2.42. The van der Waals surface area contributed by atoms with Gasteiger partial charge >= 0.3 is 0 Å². The van der Waals surface area contributed by atoms with Crippen molar-refractivity contribution in [1.82, 2.24) is 15.8 Å². The van der Waals surface area contributed by atoms with Gasteiger partial charge in [0.05, 0.1) is 0 Å². The Morgan fingerprint density at radius 3 is 2.20 bits per heavy atom. The van der Waals surface area contributed by atoms with Crippen LogP contribution in [0.15, 0.2) is 0 Å². The second-order valence-electron chi connectivity index (χ2n) is 5.28. The number of nitrogens with one attached hydrogen (secondary N) is 3. The number of hydrazine groups is 1. The van der Waals surface area contributed by atoms with Gasteiger partial charge in [0.2, 0.25) is 5.91 Å². The zero-order valence-electron chi connectivity index (χ0n) is 12.5. The van der Waals surface area contributed by atoms with Crippen LogP contribution in [0.3, 0.4) is 0 Å². The van der Waals surface area contributed by atoms with Crippen molar-refractivity contribution in [1.29, 1.82) is 0 Å². The lowest BCUT2D eigenvalue weighted by Gasteiger charge is -2.08. The molecule has 0 atom stereocenters. The first-order valence-electron chi connectivity index (χ1n) is 6.53. The standard InChI is InChI=1S/C14H21N3O3/c1-7(2)6-11(19)16-17-14(20)13-8(3)12(10(5)18)9(4)15-13/h7,15H,6H2,1-5H3,(H,16,19)(H,17,20). The van der Waals surface area contributed by atoms with Crippen molar-refractivity contribution in [2.24, 2.45) is 5.92 Å². The SMILES string of the molecule is CC(=O)c1c(C)[nH]c(C(=O)NNC(=O)CC(C)C)c1C. The lowest BCUT2D eigenvalue weighted by molar-refractivity contribution is -0.122. The minimum Gasteiger partial charge on any atom is -0.354 e. The summed E-state index contributed by atoms with van der Waals surface area (Å²) >= 11 is 0. The number of hydrogen-bond acceptors (Lipinski definition) is 3. The quantitative estimate of drug-likeness (QED) is 0.578. The van der Waals surface area contributed by atoms with Crippen LogP contribution in [0, 0.1) is 19.8 Å². The van der Waals surface area contributed by atoms with Crippen LogP contribution in [-0.4, -0.2) is 22.6 Å². The molecule has 1 aromatic rings. The number of H-pyrrole nitrogens is 1. The first-order chi connectivity index (χ1) is 9.23. The summed E-state index contributed by atoms with van der Waals surface area (Å²) in [6.45, 7) is 8.72. The summed E-state index contributed by atoms with van der Waals surface area (Å²) in [5.74, 6) is -0.596. The zero-order chi connectivity index (χ0) is 15.4. The molecule has 0 fully saturated rings. The van der Waals surface area contributed by atoms with Gasteiger partial charge in [-0.2, -0.15) is 0 Å². The Morgan fingerprint density at radius 2 is 1.75 bits per heavy atom. The highest BCUT2D eigenvalue weighted by Crippen LogP contribution is 2.18. The fraction of sp³-hybridized carbons (Fsp3) is 0.500. The first kappa shape index (κ1) is 15.9. The summed E-state index contributed by atoms with van der Waals surface area (Å²) in [6, 6.07) is 0. The second kappa shape index (κ2) is 6.36. The highest BCUT2D eigenvalue weighted by Gasteiger charge is 2.20. The molecule has 1 heterocycles. The number of hydrogen-bond donors (Lipinski definition) is 3. The smallest absolute Gasteiger partial charge is 0.286 e. The Morgan fingerprint density at radius 1 is 1.15 bits per heavy atom.